The maximum atomic E-state index is 13.6. The van der Waals surface area contributed by atoms with Crippen molar-refractivity contribution in [3.63, 3.8) is 0 Å². The normalized spacial score (nSPS) is 29.6. The molecular formula is C48H79NO12S. The molecule has 2 saturated heterocycles. The summed E-state index contributed by atoms with van der Waals surface area (Å²) in [5.41, 5.74) is 1.90. The van der Waals surface area contributed by atoms with Crippen LogP contribution in [0.1, 0.15) is 137 Å². The van der Waals surface area contributed by atoms with E-state index in [4.69, 9.17) is 24.1 Å². The number of unbranched alkanes of at least 4 members (excludes halogenated alkanes) is 1. The van der Waals surface area contributed by atoms with Crippen LogP contribution >= 0.6 is 11.8 Å². The van der Waals surface area contributed by atoms with Crippen LogP contribution in [0.5, 0.6) is 0 Å². The minimum Gasteiger partial charge on any atom is -0.457 e. The molecule has 0 bridgehead atoms. The second-order valence-corrected chi connectivity index (χ2v) is 19.9. The first kappa shape index (κ1) is 54.0. The number of carbonyl (C=O) groups excluding carboxylic acids is 5. The first-order chi connectivity index (χ1) is 29.6. The Balaban J connectivity index is 1.56. The number of ether oxygens (including phenoxy) is 4. The van der Waals surface area contributed by atoms with Crippen molar-refractivity contribution in [1.29, 1.82) is 0 Å². The van der Waals surface area contributed by atoms with Gasteiger partial charge in [-0.25, -0.2) is 0 Å². The number of likely N-dealkylation sites (N-methyl/N-ethyl adjacent to an activating group) is 1. The molecule has 14 heteroatoms. The van der Waals surface area contributed by atoms with Crippen LogP contribution in [0.15, 0.2) is 23.3 Å². The molecule has 1 saturated carbocycles. The zero-order valence-electron chi connectivity index (χ0n) is 38.7. The zero-order valence-corrected chi connectivity index (χ0v) is 39.5. The number of hydrogen-bond acceptors (Lipinski definition) is 14. The maximum absolute atomic E-state index is 13.6. The second-order valence-electron chi connectivity index (χ2n) is 18.5. The molecule has 0 spiro atoms. The van der Waals surface area contributed by atoms with Crippen LogP contribution in [0.2, 0.25) is 0 Å². The van der Waals surface area contributed by atoms with E-state index in [1.165, 1.54) is 0 Å². The summed E-state index contributed by atoms with van der Waals surface area (Å²) >= 11 is 1.92. The van der Waals surface area contributed by atoms with Gasteiger partial charge in [0, 0.05) is 57.2 Å². The van der Waals surface area contributed by atoms with E-state index < -0.39 is 35.8 Å². The summed E-state index contributed by atoms with van der Waals surface area (Å²) < 4.78 is 23.6. The van der Waals surface area contributed by atoms with E-state index in [-0.39, 0.29) is 79.9 Å². The molecule has 0 aromatic carbocycles. The van der Waals surface area contributed by atoms with Gasteiger partial charge in [0.1, 0.15) is 24.2 Å². The number of aliphatic hydroxyl groups is 3. The Morgan fingerprint density at radius 1 is 0.984 bits per heavy atom. The summed E-state index contributed by atoms with van der Waals surface area (Å²) in [6, 6.07) is -0.340. The number of aliphatic hydroxyl groups excluding tert-OH is 2. The Bertz CT molecular complexity index is 1470. The minimum absolute atomic E-state index is 0.0368. The van der Waals surface area contributed by atoms with Gasteiger partial charge in [0.15, 0.2) is 6.29 Å². The standard InChI is InChI=1S/C48H79NO12S/c1-32(24-33(2)15-18-41-43(58-6)26-35(4)48(57,61-41)46(55)31-52)14-17-38(53)28-39(54)29-42(60-47(56)40-13-8-10-21-49(40)5)34(3)25-37-16-19-45(44(27-37)59-7)62-23-11-9-12-36(30-51)20-22-50/h14,25,30-31,33,35-37,39-45,50,54,57H,8-13,15-24,26-29H2,1-7H3/b32-14+,34-25+. The molecule has 0 amide bonds. The van der Waals surface area contributed by atoms with Crippen molar-refractivity contribution in [2.24, 2.45) is 23.7 Å². The number of thioether (sulfide) groups is 1. The average Bonchev–Trinajstić information content (AvgIpc) is 3.25. The Hall–Kier alpha value is -2.30. The lowest BCUT2D eigenvalue weighted by Crippen LogP contribution is -2.57. The predicted octanol–water partition coefficient (Wildman–Crippen LogP) is 6.36. The van der Waals surface area contributed by atoms with Crippen molar-refractivity contribution in [3.8, 4) is 0 Å². The fourth-order valence-corrected chi connectivity index (χ4v) is 10.8. The SMILES string of the molecule is COC1CC(C)C(O)(C(=O)C=O)OC1CCC(C)C/C(C)=C/CC(=O)CC(O)CC(OC(=O)C1CCCCN1C)/C(C)=C/C1CCC(SCCCCC(C=O)CCO)C(OC)C1. The molecule has 12 atom stereocenters. The largest absolute Gasteiger partial charge is 0.457 e. The summed E-state index contributed by atoms with van der Waals surface area (Å²) in [7, 11) is 5.26. The van der Waals surface area contributed by atoms with Gasteiger partial charge in [-0.3, -0.25) is 24.1 Å². The fraction of sp³-hybridized carbons (Fsp3) is 0.812. The van der Waals surface area contributed by atoms with E-state index in [1.54, 1.807) is 21.1 Å². The summed E-state index contributed by atoms with van der Waals surface area (Å²) in [6.07, 6.45) is 14.0. The average molecular weight is 894 g/mol. The van der Waals surface area contributed by atoms with Crippen LogP contribution in [0, 0.1) is 23.7 Å². The number of piperidine rings is 1. The van der Waals surface area contributed by atoms with Crippen molar-refractivity contribution in [2.75, 3.05) is 40.2 Å². The quantitative estimate of drug-likeness (QED) is 0.0259. The van der Waals surface area contributed by atoms with Gasteiger partial charge in [-0.1, -0.05) is 44.4 Å². The van der Waals surface area contributed by atoms with Crippen molar-refractivity contribution in [3.05, 3.63) is 23.3 Å². The lowest BCUT2D eigenvalue weighted by atomic mass is 9.84. The van der Waals surface area contributed by atoms with Gasteiger partial charge in [0.25, 0.3) is 5.78 Å². The molecule has 0 radical (unpaired) electrons. The number of Topliss-reactive ketones (excluding diaryl/α,β-unsaturated/α-hetero) is 2. The molecule has 0 aromatic heterocycles. The highest BCUT2D eigenvalue weighted by Crippen LogP contribution is 2.38. The minimum atomic E-state index is -2.16. The number of esters is 1. The number of hydrogen-bond donors (Lipinski definition) is 3. The molecule has 2 aliphatic heterocycles. The molecule has 13 nitrogen and oxygen atoms in total. The molecular weight excluding hydrogens is 815 g/mol. The number of nitrogens with zero attached hydrogens (tertiary/aromatic N) is 1. The van der Waals surface area contributed by atoms with E-state index in [9.17, 15) is 34.2 Å². The van der Waals surface area contributed by atoms with Gasteiger partial charge < -0.3 is 39.1 Å². The van der Waals surface area contributed by atoms with E-state index in [0.717, 1.165) is 87.5 Å². The number of carbonyl (C=O) groups is 5. The second kappa shape index (κ2) is 27.9. The molecule has 3 aliphatic rings. The fourth-order valence-electron chi connectivity index (χ4n) is 9.42. The number of methoxy groups -OCH3 is 2. The van der Waals surface area contributed by atoms with Crippen LogP contribution < -0.4 is 0 Å². The van der Waals surface area contributed by atoms with Crippen molar-refractivity contribution in [1.82, 2.24) is 4.90 Å². The third kappa shape index (κ3) is 17.2. The summed E-state index contributed by atoms with van der Waals surface area (Å²) in [5, 5.41) is 31.6. The Labute approximate surface area is 375 Å². The first-order valence-corrected chi connectivity index (χ1v) is 24.2. The molecule has 354 valence electrons. The van der Waals surface area contributed by atoms with E-state index in [0.29, 0.717) is 37.4 Å². The van der Waals surface area contributed by atoms with Crippen molar-refractivity contribution in [2.45, 2.75) is 184 Å². The van der Waals surface area contributed by atoms with Crippen LogP contribution in [-0.4, -0.2) is 138 Å². The molecule has 3 rings (SSSR count). The van der Waals surface area contributed by atoms with Crippen LogP contribution in [-0.2, 0) is 42.9 Å². The van der Waals surface area contributed by atoms with Gasteiger partial charge in [-0.2, -0.15) is 11.8 Å². The van der Waals surface area contributed by atoms with Gasteiger partial charge in [0.05, 0.1) is 24.4 Å². The third-order valence-corrected chi connectivity index (χ3v) is 14.9. The van der Waals surface area contributed by atoms with E-state index in [1.807, 2.05) is 43.6 Å². The van der Waals surface area contributed by atoms with Gasteiger partial charge in [0.2, 0.25) is 5.79 Å². The molecule has 0 aromatic rings. The highest BCUT2D eigenvalue weighted by atomic mass is 32.2. The Morgan fingerprint density at radius 2 is 1.73 bits per heavy atom. The van der Waals surface area contributed by atoms with Crippen LogP contribution in [0.4, 0.5) is 0 Å². The Kier molecular flexibility index (Phi) is 24.3. The zero-order chi connectivity index (χ0) is 45.8. The number of rotatable bonds is 28. The monoisotopic (exact) mass is 894 g/mol. The molecule has 3 N–H and O–H groups in total. The van der Waals surface area contributed by atoms with Crippen molar-refractivity contribution < 1.29 is 58.2 Å². The van der Waals surface area contributed by atoms with E-state index >= 15 is 0 Å². The summed E-state index contributed by atoms with van der Waals surface area (Å²) in [6.45, 7) is 8.53. The predicted molar refractivity (Wildman–Crippen MR) is 241 cm³/mol. The lowest BCUT2D eigenvalue weighted by Gasteiger charge is -2.43. The third-order valence-electron chi connectivity index (χ3n) is 13.4. The number of aldehydes is 2. The smallest absolute Gasteiger partial charge is 0.323 e. The first-order valence-electron chi connectivity index (χ1n) is 23.2. The molecule has 12 unspecified atom stereocenters. The topological polar surface area (TPSA) is 186 Å². The Morgan fingerprint density at radius 3 is 2.39 bits per heavy atom. The number of allylic oxidation sites excluding steroid dienone is 3. The molecule has 62 heavy (non-hydrogen) atoms. The molecule has 2 heterocycles. The molecule has 3 fully saturated rings. The van der Waals surface area contributed by atoms with Crippen molar-refractivity contribution >= 4 is 41.9 Å². The maximum Gasteiger partial charge on any atom is 0.323 e. The van der Waals surface area contributed by atoms with Crippen LogP contribution in [0.3, 0.4) is 0 Å². The number of ketones is 2. The van der Waals surface area contributed by atoms with Gasteiger partial charge in [-0.05, 0) is 128 Å². The molecule has 1 aliphatic carbocycles. The number of likely N-dealkylation sites (tertiary alicyclic amines) is 1. The summed E-state index contributed by atoms with van der Waals surface area (Å²) in [4.78, 5) is 63.4. The highest BCUT2D eigenvalue weighted by Gasteiger charge is 2.50. The van der Waals surface area contributed by atoms with E-state index in [2.05, 4.69) is 13.0 Å². The van der Waals surface area contributed by atoms with Gasteiger partial charge >= 0.3 is 5.97 Å². The van der Waals surface area contributed by atoms with Crippen LogP contribution in [0.25, 0.3) is 0 Å². The van der Waals surface area contributed by atoms with Gasteiger partial charge in [-0.15, -0.1) is 0 Å². The highest BCUT2D eigenvalue weighted by molar-refractivity contribution is 7.99. The lowest BCUT2D eigenvalue weighted by molar-refractivity contribution is -0.285. The summed E-state index contributed by atoms with van der Waals surface area (Å²) in [5.74, 6) is -2.82.